The average Bonchev–Trinajstić information content (AvgIpc) is 2.78. The minimum atomic E-state index is -0.564. The molecule has 0 aromatic heterocycles. The molecule has 0 radical (unpaired) electrons. The molecule has 0 amide bonds. The Hall–Kier alpha value is -3.58. The molecule has 0 aliphatic heterocycles. The summed E-state index contributed by atoms with van der Waals surface area (Å²) in [6, 6.07) is 20.2. The molecule has 4 aromatic rings. The summed E-state index contributed by atoms with van der Waals surface area (Å²) in [5.41, 5.74) is 3.36. The van der Waals surface area contributed by atoms with Gasteiger partial charge in [0.05, 0.1) is 5.56 Å². The van der Waals surface area contributed by atoms with E-state index in [1.165, 1.54) is 18.2 Å². The van der Waals surface area contributed by atoms with E-state index in [0.29, 0.717) is 45.9 Å². The molecular weight excluding hydrogens is 395 g/mol. The third-order valence-electron chi connectivity index (χ3n) is 5.62. The lowest BCUT2D eigenvalue weighted by molar-refractivity contribution is 0.616. The van der Waals surface area contributed by atoms with Crippen LogP contribution in [-0.2, 0) is 19.3 Å². The van der Waals surface area contributed by atoms with Gasteiger partial charge in [-0.15, -0.1) is 0 Å². The highest BCUT2D eigenvalue weighted by Gasteiger charge is 2.12. The lowest BCUT2D eigenvalue weighted by Gasteiger charge is -2.10. The van der Waals surface area contributed by atoms with Gasteiger partial charge in [0.25, 0.3) is 0 Å². The lowest BCUT2D eigenvalue weighted by atomic mass is 9.96. The zero-order valence-electron chi connectivity index (χ0n) is 17.1. The molecule has 0 unspecified atom stereocenters. The normalized spacial score (nSPS) is 10.9. The first kappa shape index (κ1) is 20.7. The van der Waals surface area contributed by atoms with E-state index in [0.717, 1.165) is 12.0 Å². The number of nitriles is 1. The smallest absolute Gasteiger partial charge is 0.141 e. The van der Waals surface area contributed by atoms with Crippen LogP contribution in [0.4, 0.5) is 13.2 Å². The van der Waals surface area contributed by atoms with Gasteiger partial charge in [0.2, 0.25) is 0 Å². The molecule has 0 saturated carbocycles. The maximum atomic E-state index is 15.1. The van der Waals surface area contributed by atoms with Crippen LogP contribution in [0.25, 0.3) is 21.9 Å². The van der Waals surface area contributed by atoms with Gasteiger partial charge >= 0.3 is 0 Å². The van der Waals surface area contributed by atoms with Crippen molar-refractivity contribution in [3.8, 4) is 17.2 Å². The Morgan fingerprint density at radius 3 is 2.26 bits per heavy atom. The van der Waals surface area contributed by atoms with Gasteiger partial charge in [0, 0.05) is 10.9 Å². The summed E-state index contributed by atoms with van der Waals surface area (Å²) >= 11 is 0. The highest BCUT2D eigenvalue weighted by Crippen LogP contribution is 2.30. The Kier molecular flexibility index (Phi) is 5.77. The van der Waals surface area contributed by atoms with Crippen molar-refractivity contribution in [1.82, 2.24) is 0 Å². The van der Waals surface area contributed by atoms with E-state index >= 15 is 4.39 Å². The zero-order valence-corrected chi connectivity index (χ0v) is 17.1. The van der Waals surface area contributed by atoms with Gasteiger partial charge in [0.1, 0.15) is 23.5 Å². The number of hydrogen-bond donors (Lipinski definition) is 0. The number of halogens is 3. The predicted molar refractivity (Wildman–Crippen MR) is 117 cm³/mol. The summed E-state index contributed by atoms with van der Waals surface area (Å²) in [7, 11) is 0. The van der Waals surface area contributed by atoms with E-state index in [1.54, 1.807) is 42.5 Å². The van der Waals surface area contributed by atoms with Crippen LogP contribution < -0.4 is 0 Å². The summed E-state index contributed by atoms with van der Waals surface area (Å²) in [4.78, 5) is 0. The minimum Gasteiger partial charge on any atom is -0.206 e. The van der Waals surface area contributed by atoms with Gasteiger partial charge in [-0.1, -0.05) is 49.4 Å². The van der Waals surface area contributed by atoms with Crippen LogP contribution >= 0.6 is 0 Å². The maximum absolute atomic E-state index is 15.1. The quantitative estimate of drug-likeness (QED) is 0.340. The molecule has 0 spiro atoms. The van der Waals surface area contributed by atoms with E-state index < -0.39 is 5.82 Å². The molecule has 4 rings (SSSR count). The summed E-state index contributed by atoms with van der Waals surface area (Å²) in [5.74, 6) is -1.17. The number of nitrogens with zero attached hydrogens (tertiary/aromatic N) is 1. The topological polar surface area (TPSA) is 23.8 Å². The second kappa shape index (κ2) is 8.65. The van der Waals surface area contributed by atoms with Crippen LogP contribution in [0.15, 0.2) is 66.7 Å². The van der Waals surface area contributed by atoms with E-state index in [2.05, 4.69) is 0 Å². The Bertz CT molecular complexity index is 1320. The summed E-state index contributed by atoms with van der Waals surface area (Å²) in [6.07, 6.45) is 1.62. The third kappa shape index (κ3) is 4.18. The van der Waals surface area contributed by atoms with Crippen molar-refractivity contribution in [3.63, 3.8) is 0 Å². The molecule has 1 nitrogen and oxygen atoms in total. The molecule has 4 heteroatoms. The lowest BCUT2D eigenvalue weighted by Crippen LogP contribution is -1.97. The van der Waals surface area contributed by atoms with Gasteiger partial charge in [-0.2, -0.15) is 5.26 Å². The van der Waals surface area contributed by atoms with Crippen LogP contribution in [0.1, 0.15) is 29.2 Å². The van der Waals surface area contributed by atoms with Crippen LogP contribution in [-0.4, -0.2) is 0 Å². The Labute approximate surface area is 179 Å². The minimum absolute atomic E-state index is 0.00258. The van der Waals surface area contributed by atoms with E-state index in [-0.39, 0.29) is 17.2 Å². The van der Waals surface area contributed by atoms with Crippen LogP contribution in [0.5, 0.6) is 0 Å². The molecule has 0 aliphatic carbocycles. The number of rotatable bonds is 5. The Morgan fingerprint density at radius 1 is 0.774 bits per heavy atom. The number of benzene rings is 4. The summed E-state index contributed by atoms with van der Waals surface area (Å²) < 4.78 is 43.4. The highest BCUT2D eigenvalue weighted by molar-refractivity contribution is 5.88. The van der Waals surface area contributed by atoms with Crippen molar-refractivity contribution in [2.45, 2.75) is 26.2 Å². The van der Waals surface area contributed by atoms with E-state index in [9.17, 15) is 8.78 Å². The van der Waals surface area contributed by atoms with Gasteiger partial charge in [-0.3, -0.25) is 0 Å². The van der Waals surface area contributed by atoms with Crippen LogP contribution in [0.2, 0.25) is 0 Å². The second-order valence-corrected chi connectivity index (χ2v) is 7.57. The molecule has 0 fully saturated rings. The Balaban J connectivity index is 1.60. The molecule has 0 heterocycles. The first-order valence-corrected chi connectivity index (χ1v) is 10.2. The van der Waals surface area contributed by atoms with E-state index in [1.807, 2.05) is 19.1 Å². The molecular formula is C27H20F3N. The molecule has 0 saturated heterocycles. The molecule has 0 aliphatic rings. The number of hydrogen-bond acceptors (Lipinski definition) is 1. The van der Waals surface area contributed by atoms with Gasteiger partial charge < -0.3 is 0 Å². The number of fused-ring (bicyclic) bond motifs is 1. The van der Waals surface area contributed by atoms with Gasteiger partial charge in [-0.25, -0.2) is 13.2 Å². The summed E-state index contributed by atoms with van der Waals surface area (Å²) in [5, 5.41) is 9.99. The molecule has 154 valence electrons. The monoisotopic (exact) mass is 415 g/mol. The highest BCUT2D eigenvalue weighted by atomic mass is 19.1. The van der Waals surface area contributed by atoms with Crippen molar-refractivity contribution in [3.05, 3.63) is 106 Å². The van der Waals surface area contributed by atoms with Crippen molar-refractivity contribution in [2.24, 2.45) is 0 Å². The van der Waals surface area contributed by atoms with Gasteiger partial charge in [-0.05, 0) is 71.2 Å². The fourth-order valence-corrected chi connectivity index (χ4v) is 3.79. The fourth-order valence-electron chi connectivity index (χ4n) is 3.79. The van der Waals surface area contributed by atoms with Crippen molar-refractivity contribution >= 4 is 10.8 Å². The van der Waals surface area contributed by atoms with Crippen molar-refractivity contribution in [2.75, 3.05) is 0 Å². The predicted octanol–water partition coefficient (Wildman–Crippen LogP) is 7.14. The molecule has 0 N–H and O–H groups in total. The largest absolute Gasteiger partial charge is 0.206 e. The van der Waals surface area contributed by atoms with Crippen LogP contribution in [0.3, 0.4) is 0 Å². The number of aryl methyl sites for hydroxylation is 3. The molecule has 0 atom stereocenters. The standard InChI is InChI=1S/C27H20F3N/c1-2-17-5-11-23(26(29)13-17)20-10-12-24-21(15-20)9-8-19(27(24)30)6-3-18-4-7-22(16-31)25(28)14-18/h4-5,7-15H,2-3,6H2,1H3. The average molecular weight is 415 g/mol. The third-order valence-corrected chi connectivity index (χ3v) is 5.62. The second-order valence-electron chi connectivity index (χ2n) is 7.57. The zero-order chi connectivity index (χ0) is 22.0. The molecule has 0 bridgehead atoms. The summed E-state index contributed by atoms with van der Waals surface area (Å²) in [6.45, 7) is 1.97. The van der Waals surface area contributed by atoms with Crippen molar-refractivity contribution < 1.29 is 13.2 Å². The molecule has 4 aromatic carbocycles. The van der Waals surface area contributed by atoms with Crippen molar-refractivity contribution in [1.29, 1.82) is 5.26 Å². The SMILES string of the molecule is CCc1ccc(-c2ccc3c(F)c(CCc4ccc(C#N)c(F)c4)ccc3c2)c(F)c1. The first-order valence-electron chi connectivity index (χ1n) is 10.2. The van der Waals surface area contributed by atoms with Crippen LogP contribution in [0, 0.1) is 28.8 Å². The van der Waals surface area contributed by atoms with E-state index in [4.69, 9.17) is 5.26 Å². The first-order chi connectivity index (χ1) is 15.0. The van der Waals surface area contributed by atoms with Gasteiger partial charge in [0.15, 0.2) is 0 Å². The maximum Gasteiger partial charge on any atom is 0.141 e. The fraction of sp³-hybridized carbons (Fsp3) is 0.148. The molecule has 31 heavy (non-hydrogen) atoms. The Morgan fingerprint density at radius 2 is 1.55 bits per heavy atom.